The summed E-state index contributed by atoms with van der Waals surface area (Å²) < 4.78 is 93.5. The van der Waals surface area contributed by atoms with Crippen LogP contribution in [0.1, 0.15) is 11.3 Å². The summed E-state index contributed by atoms with van der Waals surface area (Å²) in [6, 6.07) is 17.6. The fourth-order valence-electron chi connectivity index (χ4n) is 3.23. The van der Waals surface area contributed by atoms with Gasteiger partial charge in [-0.05, 0) is 41.5 Å². The minimum absolute atomic E-state index is 0.223. The number of hydrogen-bond donors (Lipinski definition) is 0. The van der Waals surface area contributed by atoms with Gasteiger partial charge >= 0.3 is 12.4 Å². The van der Waals surface area contributed by atoms with E-state index in [1.165, 1.54) is 6.07 Å². The molecule has 0 aliphatic rings. The lowest BCUT2D eigenvalue weighted by atomic mass is 10.0. The van der Waals surface area contributed by atoms with Crippen LogP contribution in [0.15, 0.2) is 78.9 Å². The Bertz CT molecular complexity index is 1300. The van der Waals surface area contributed by atoms with Gasteiger partial charge in [0.2, 0.25) is 0 Å². The Morgan fingerprint density at radius 1 is 0.576 bits per heavy atom. The lowest BCUT2D eigenvalue weighted by molar-refractivity contribution is -0.141. The van der Waals surface area contributed by atoms with Crippen molar-refractivity contribution in [2.45, 2.75) is 12.4 Å². The van der Waals surface area contributed by atoms with E-state index in [2.05, 4.69) is 9.97 Å². The highest BCUT2D eigenvalue weighted by Crippen LogP contribution is 2.36. The number of rotatable bonds is 3. The molecule has 0 fully saturated rings. The van der Waals surface area contributed by atoms with Crippen LogP contribution in [0.2, 0.25) is 0 Å². The molecule has 4 rings (SSSR count). The lowest BCUT2D eigenvalue weighted by Crippen LogP contribution is -2.11. The van der Waals surface area contributed by atoms with Gasteiger partial charge in [-0.25, -0.2) is 14.4 Å². The molecule has 0 saturated carbocycles. The summed E-state index contributed by atoms with van der Waals surface area (Å²) in [6.07, 6.45) is -9.68. The van der Waals surface area contributed by atoms with Crippen molar-refractivity contribution in [2.75, 3.05) is 0 Å². The lowest BCUT2D eigenvalue weighted by Gasteiger charge is -2.13. The highest BCUT2D eigenvalue weighted by atomic mass is 19.4. The van der Waals surface area contributed by atoms with Gasteiger partial charge in [-0.2, -0.15) is 26.3 Å². The van der Waals surface area contributed by atoms with Crippen LogP contribution < -0.4 is 0 Å². The van der Waals surface area contributed by atoms with E-state index < -0.39 is 40.7 Å². The van der Waals surface area contributed by atoms with Gasteiger partial charge in [0.1, 0.15) is 11.5 Å². The molecule has 4 aromatic rings. The summed E-state index contributed by atoms with van der Waals surface area (Å²) in [5.74, 6) is -1.68. The molecule has 1 aromatic heterocycles. The number of hydrogen-bond acceptors (Lipinski definition) is 2. The molecule has 0 unspecified atom stereocenters. The first-order valence-electron chi connectivity index (χ1n) is 9.51. The molecule has 9 heteroatoms. The van der Waals surface area contributed by atoms with E-state index in [9.17, 15) is 30.7 Å². The van der Waals surface area contributed by atoms with Crippen LogP contribution in [0.4, 0.5) is 30.7 Å². The number of alkyl halides is 6. The Morgan fingerprint density at radius 2 is 1.24 bits per heavy atom. The fourth-order valence-corrected chi connectivity index (χ4v) is 3.23. The molecular weight excluding hydrogens is 449 g/mol. The Labute approximate surface area is 183 Å². The molecule has 3 aromatic carbocycles. The van der Waals surface area contributed by atoms with Gasteiger partial charge in [-0.1, -0.05) is 48.5 Å². The Balaban J connectivity index is 1.86. The molecule has 0 saturated heterocycles. The Morgan fingerprint density at radius 3 is 1.88 bits per heavy atom. The van der Waals surface area contributed by atoms with Crippen LogP contribution in [-0.2, 0) is 12.4 Å². The summed E-state index contributed by atoms with van der Waals surface area (Å²) in [6.45, 7) is 0. The molecule has 0 spiro atoms. The first kappa shape index (κ1) is 22.4. The monoisotopic (exact) mass is 462 g/mol. The summed E-state index contributed by atoms with van der Waals surface area (Å²) in [7, 11) is 0. The largest absolute Gasteiger partial charge is 0.433 e. The van der Waals surface area contributed by atoms with Crippen LogP contribution >= 0.6 is 0 Å². The topological polar surface area (TPSA) is 25.8 Å². The SMILES string of the molecule is Fc1cc(C(F)(F)F)ccc1-c1cc(C(F)(F)F)nc(-c2cccc(-c3ccccc3)c2)n1. The third-order valence-electron chi connectivity index (χ3n) is 4.82. The van der Waals surface area contributed by atoms with Gasteiger partial charge in [0.15, 0.2) is 5.82 Å². The van der Waals surface area contributed by atoms with Crippen molar-refractivity contribution >= 4 is 0 Å². The van der Waals surface area contributed by atoms with Gasteiger partial charge in [0.05, 0.1) is 11.3 Å². The van der Waals surface area contributed by atoms with Crippen molar-refractivity contribution in [2.24, 2.45) is 0 Å². The zero-order valence-electron chi connectivity index (χ0n) is 16.5. The average Bonchev–Trinajstić information content (AvgIpc) is 2.78. The van der Waals surface area contributed by atoms with E-state index in [0.717, 1.165) is 11.6 Å². The predicted octanol–water partition coefficient (Wildman–Crippen LogP) is 7.65. The molecule has 0 amide bonds. The van der Waals surface area contributed by atoms with E-state index in [0.29, 0.717) is 17.7 Å². The van der Waals surface area contributed by atoms with E-state index in [1.807, 2.05) is 18.2 Å². The highest BCUT2D eigenvalue weighted by Gasteiger charge is 2.35. The zero-order chi connectivity index (χ0) is 23.8. The predicted molar refractivity (Wildman–Crippen MR) is 108 cm³/mol. The van der Waals surface area contributed by atoms with Crippen LogP contribution in [0.5, 0.6) is 0 Å². The minimum atomic E-state index is -4.88. The minimum Gasteiger partial charge on any atom is -0.228 e. The molecule has 0 aliphatic carbocycles. The maximum atomic E-state index is 14.5. The van der Waals surface area contributed by atoms with Gasteiger partial charge < -0.3 is 0 Å². The van der Waals surface area contributed by atoms with Gasteiger partial charge in [-0.3, -0.25) is 0 Å². The maximum absolute atomic E-state index is 14.5. The first-order valence-corrected chi connectivity index (χ1v) is 9.51. The summed E-state index contributed by atoms with van der Waals surface area (Å²) in [4.78, 5) is 7.63. The van der Waals surface area contributed by atoms with E-state index in [1.54, 1.807) is 30.3 Å². The summed E-state index contributed by atoms with van der Waals surface area (Å²) in [5.41, 5.74) is -1.86. The van der Waals surface area contributed by atoms with Crippen LogP contribution in [0, 0.1) is 5.82 Å². The summed E-state index contributed by atoms with van der Waals surface area (Å²) in [5, 5.41) is 0. The van der Waals surface area contributed by atoms with E-state index >= 15 is 0 Å². The zero-order valence-corrected chi connectivity index (χ0v) is 16.5. The van der Waals surface area contributed by atoms with Crippen LogP contribution in [0.25, 0.3) is 33.8 Å². The second-order valence-corrected chi connectivity index (χ2v) is 7.10. The van der Waals surface area contributed by atoms with Crippen molar-refractivity contribution in [1.82, 2.24) is 9.97 Å². The van der Waals surface area contributed by atoms with Crippen molar-refractivity contribution < 1.29 is 30.7 Å². The first-order chi connectivity index (χ1) is 15.5. The number of nitrogens with zero attached hydrogens (tertiary/aromatic N) is 2. The number of benzene rings is 3. The van der Waals surface area contributed by atoms with Crippen molar-refractivity contribution in [3.05, 3.63) is 95.9 Å². The Hall–Kier alpha value is -3.75. The molecule has 0 N–H and O–H groups in total. The maximum Gasteiger partial charge on any atom is 0.433 e. The fraction of sp³-hybridized carbons (Fsp3) is 0.0833. The van der Waals surface area contributed by atoms with Crippen molar-refractivity contribution in [3.8, 4) is 33.8 Å². The average molecular weight is 462 g/mol. The number of halogens is 7. The van der Waals surface area contributed by atoms with Gasteiger partial charge in [0.25, 0.3) is 0 Å². The molecule has 33 heavy (non-hydrogen) atoms. The second-order valence-electron chi connectivity index (χ2n) is 7.10. The van der Waals surface area contributed by atoms with E-state index in [4.69, 9.17) is 0 Å². The van der Waals surface area contributed by atoms with Crippen LogP contribution in [0.3, 0.4) is 0 Å². The number of aromatic nitrogens is 2. The molecule has 0 aliphatic heterocycles. The standard InChI is InChI=1S/C24H13F7N2/c25-19-12-17(23(26,27)28)9-10-18(19)20-13-21(24(29,30)31)33-22(32-20)16-8-4-7-15(11-16)14-5-2-1-3-6-14/h1-13H. The normalized spacial score (nSPS) is 12.1. The molecule has 168 valence electrons. The molecule has 0 atom stereocenters. The molecular formula is C24H13F7N2. The van der Waals surface area contributed by atoms with Gasteiger partial charge in [-0.15, -0.1) is 0 Å². The van der Waals surface area contributed by atoms with Gasteiger partial charge in [0, 0.05) is 11.1 Å². The van der Waals surface area contributed by atoms with Crippen molar-refractivity contribution in [1.29, 1.82) is 0 Å². The molecule has 0 radical (unpaired) electrons. The quantitative estimate of drug-likeness (QED) is 0.292. The second kappa shape index (κ2) is 8.31. The highest BCUT2D eigenvalue weighted by molar-refractivity contribution is 5.71. The molecule has 0 bridgehead atoms. The van der Waals surface area contributed by atoms with E-state index in [-0.39, 0.29) is 17.5 Å². The van der Waals surface area contributed by atoms with Crippen LogP contribution in [-0.4, -0.2) is 9.97 Å². The molecule has 1 heterocycles. The smallest absolute Gasteiger partial charge is 0.228 e. The summed E-state index contributed by atoms with van der Waals surface area (Å²) >= 11 is 0. The third kappa shape index (κ3) is 4.87. The van der Waals surface area contributed by atoms with Crippen molar-refractivity contribution in [3.63, 3.8) is 0 Å². The molecule has 2 nitrogen and oxygen atoms in total. The Kier molecular flexibility index (Phi) is 5.65. The third-order valence-corrected chi connectivity index (χ3v) is 4.82.